The number of nitrogens with two attached hydrogens (primary N) is 1. The summed E-state index contributed by atoms with van der Waals surface area (Å²) in [7, 11) is -1.60. The first-order chi connectivity index (χ1) is 7.63. The fourth-order valence-electron chi connectivity index (χ4n) is 1.36. The molecule has 16 heavy (non-hydrogen) atoms. The summed E-state index contributed by atoms with van der Waals surface area (Å²) in [4.78, 5) is 11.1. The Morgan fingerprint density at radius 3 is 2.50 bits per heavy atom. The van der Waals surface area contributed by atoms with Crippen LogP contribution in [0.4, 0.5) is 0 Å². The highest BCUT2D eigenvalue weighted by atomic mass is 16.4. The van der Waals surface area contributed by atoms with Crippen LogP contribution in [0.25, 0.3) is 0 Å². The fraction of sp³-hybridized carbons (Fsp3) is 0.300. The Morgan fingerprint density at radius 1 is 1.38 bits per heavy atom. The number of carbonyl (C=O) groups is 1. The van der Waals surface area contributed by atoms with E-state index in [9.17, 15) is 4.79 Å². The Balaban J connectivity index is 2.62. The predicted molar refractivity (Wildman–Crippen MR) is 61.3 cm³/mol. The fourth-order valence-corrected chi connectivity index (χ4v) is 1.36. The zero-order valence-electron chi connectivity index (χ0n) is 8.84. The van der Waals surface area contributed by atoms with Crippen LogP contribution >= 0.6 is 0 Å². The van der Waals surface area contributed by atoms with Crippen molar-refractivity contribution in [2.24, 2.45) is 5.73 Å². The predicted octanol–water partition coefficient (Wildman–Crippen LogP) is -1.32. The highest BCUT2D eigenvalue weighted by molar-refractivity contribution is 6.43. The van der Waals surface area contributed by atoms with Gasteiger partial charge in [-0.3, -0.25) is 4.79 Å². The lowest BCUT2D eigenvalue weighted by atomic mass is 9.76. The van der Waals surface area contributed by atoms with Crippen molar-refractivity contribution in [3.8, 4) is 0 Å². The molecule has 0 aromatic heterocycles. The van der Waals surface area contributed by atoms with Crippen LogP contribution in [0.2, 0.25) is 0 Å². The van der Waals surface area contributed by atoms with Gasteiger partial charge < -0.3 is 21.1 Å². The molecule has 1 aromatic carbocycles. The SMILES string of the molecule is NCC(=O)NC(Cc1ccccc1)B(O)O. The quantitative estimate of drug-likeness (QED) is 0.465. The molecule has 0 spiro atoms. The first-order valence-electron chi connectivity index (χ1n) is 5.03. The standard InChI is InChI=1S/C10H15BN2O3/c12-7-10(14)13-9(11(15)16)6-8-4-2-1-3-5-8/h1-5,9,15-16H,6-7,12H2,(H,13,14). The van der Waals surface area contributed by atoms with Gasteiger partial charge >= 0.3 is 7.12 Å². The van der Waals surface area contributed by atoms with Gasteiger partial charge in [-0.05, 0) is 12.0 Å². The molecular formula is C10H15BN2O3. The Morgan fingerprint density at radius 2 is 2.00 bits per heavy atom. The third-order valence-corrected chi connectivity index (χ3v) is 2.19. The molecule has 0 aliphatic rings. The highest BCUT2D eigenvalue weighted by Gasteiger charge is 2.24. The molecular weight excluding hydrogens is 207 g/mol. The van der Waals surface area contributed by atoms with E-state index in [0.29, 0.717) is 6.42 Å². The second kappa shape index (κ2) is 6.27. The second-order valence-corrected chi connectivity index (χ2v) is 3.48. The summed E-state index contributed by atoms with van der Waals surface area (Å²) < 4.78 is 0. The summed E-state index contributed by atoms with van der Waals surface area (Å²) in [6.07, 6.45) is 0.351. The van der Waals surface area contributed by atoms with Crippen molar-refractivity contribution in [1.82, 2.24) is 5.32 Å². The molecule has 0 saturated heterocycles. The summed E-state index contributed by atoms with van der Waals surface area (Å²) in [6, 6.07) is 9.27. The van der Waals surface area contributed by atoms with Gasteiger partial charge in [-0.15, -0.1) is 0 Å². The van der Waals surface area contributed by atoms with Crippen molar-refractivity contribution in [2.45, 2.75) is 12.4 Å². The van der Waals surface area contributed by atoms with E-state index in [1.165, 1.54) is 0 Å². The van der Waals surface area contributed by atoms with Gasteiger partial charge in [-0.25, -0.2) is 0 Å². The van der Waals surface area contributed by atoms with E-state index in [2.05, 4.69) is 5.32 Å². The first kappa shape index (κ1) is 12.7. The number of nitrogens with one attached hydrogen (secondary N) is 1. The van der Waals surface area contributed by atoms with Crippen LogP contribution in [0.1, 0.15) is 5.56 Å². The molecule has 0 aliphatic heterocycles. The van der Waals surface area contributed by atoms with E-state index in [-0.39, 0.29) is 6.54 Å². The molecule has 5 nitrogen and oxygen atoms in total. The normalized spacial score (nSPS) is 11.9. The Labute approximate surface area is 94.4 Å². The average molecular weight is 222 g/mol. The van der Waals surface area contributed by atoms with Crippen molar-refractivity contribution < 1.29 is 14.8 Å². The summed E-state index contributed by atoms with van der Waals surface area (Å²) in [5.74, 6) is -1.15. The van der Waals surface area contributed by atoms with Crippen LogP contribution < -0.4 is 11.1 Å². The Bertz CT molecular complexity index is 332. The van der Waals surface area contributed by atoms with Crippen molar-refractivity contribution in [3.63, 3.8) is 0 Å². The lowest BCUT2D eigenvalue weighted by molar-refractivity contribution is -0.120. The van der Waals surface area contributed by atoms with Gasteiger partial charge in [0.2, 0.25) is 5.91 Å². The monoisotopic (exact) mass is 222 g/mol. The number of rotatable bonds is 5. The number of carbonyl (C=O) groups excluding carboxylic acids is 1. The van der Waals surface area contributed by atoms with Gasteiger partial charge in [-0.2, -0.15) is 0 Å². The third-order valence-electron chi connectivity index (χ3n) is 2.19. The van der Waals surface area contributed by atoms with Crippen molar-refractivity contribution in [2.75, 3.05) is 6.54 Å². The Kier molecular flexibility index (Phi) is 4.98. The maximum atomic E-state index is 11.1. The zero-order valence-corrected chi connectivity index (χ0v) is 8.84. The number of hydrogen-bond acceptors (Lipinski definition) is 4. The van der Waals surface area contributed by atoms with Gasteiger partial charge in [0.1, 0.15) is 0 Å². The molecule has 0 heterocycles. The molecule has 5 N–H and O–H groups in total. The van der Waals surface area contributed by atoms with Gasteiger partial charge in [0, 0.05) is 0 Å². The van der Waals surface area contributed by atoms with Crippen molar-refractivity contribution in [1.29, 1.82) is 0 Å². The van der Waals surface area contributed by atoms with Gasteiger partial charge in [0.05, 0.1) is 12.5 Å². The molecule has 6 heteroatoms. The van der Waals surface area contributed by atoms with Crippen molar-refractivity contribution >= 4 is 13.0 Å². The number of hydrogen-bond donors (Lipinski definition) is 4. The van der Waals surface area contributed by atoms with Crippen LogP contribution in [0.3, 0.4) is 0 Å². The molecule has 1 amide bonds. The highest BCUT2D eigenvalue weighted by Crippen LogP contribution is 2.03. The van der Waals surface area contributed by atoms with Gasteiger partial charge in [0.15, 0.2) is 0 Å². The minimum absolute atomic E-state index is 0.169. The van der Waals surface area contributed by atoms with E-state index in [1.807, 2.05) is 30.3 Å². The molecule has 0 saturated carbocycles. The van der Waals surface area contributed by atoms with Crippen LogP contribution in [0, 0.1) is 0 Å². The maximum absolute atomic E-state index is 11.1. The van der Waals surface area contributed by atoms with E-state index >= 15 is 0 Å². The van der Waals surface area contributed by atoms with Gasteiger partial charge in [0.25, 0.3) is 0 Å². The van der Waals surface area contributed by atoms with E-state index < -0.39 is 19.0 Å². The molecule has 1 aromatic rings. The van der Waals surface area contributed by atoms with Crippen molar-refractivity contribution in [3.05, 3.63) is 35.9 Å². The van der Waals surface area contributed by atoms with Crippen LogP contribution in [0.15, 0.2) is 30.3 Å². The summed E-state index contributed by atoms with van der Waals surface area (Å²) in [6.45, 7) is -0.169. The molecule has 1 atom stereocenters. The second-order valence-electron chi connectivity index (χ2n) is 3.48. The molecule has 1 rings (SSSR count). The average Bonchev–Trinajstić information content (AvgIpc) is 2.29. The molecule has 0 aliphatic carbocycles. The topological polar surface area (TPSA) is 95.6 Å². The minimum atomic E-state index is -1.60. The van der Waals surface area contributed by atoms with Crippen LogP contribution in [-0.2, 0) is 11.2 Å². The lowest BCUT2D eigenvalue weighted by Gasteiger charge is -2.17. The van der Waals surface area contributed by atoms with E-state index in [4.69, 9.17) is 15.8 Å². The molecule has 86 valence electrons. The zero-order chi connectivity index (χ0) is 12.0. The molecule has 0 bridgehead atoms. The van der Waals surface area contributed by atoms with Crippen LogP contribution in [-0.4, -0.2) is 35.6 Å². The van der Waals surface area contributed by atoms with Gasteiger partial charge in [-0.1, -0.05) is 30.3 Å². The molecule has 0 fully saturated rings. The summed E-state index contributed by atoms with van der Waals surface area (Å²) in [5.41, 5.74) is 6.05. The van der Waals surface area contributed by atoms with Crippen LogP contribution in [0.5, 0.6) is 0 Å². The number of amides is 1. The summed E-state index contributed by atoms with van der Waals surface area (Å²) in [5, 5.41) is 20.7. The smallest absolute Gasteiger partial charge is 0.426 e. The summed E-state index contributed by atoms with van der Waals surface area (Å²) >= 11 is 0. The maximum Gasteiger partial charge on any atom is 0.475 e. The first-order valence-corrected chi connectivity index (χ1v) is 5.03. The van der Waals surface area contributed by atoms with E-state index in [0.717, 1.165) is 5.56 Å². The third kappa shape index (κ3) is 4.02. The Hall–Kier alpha value is -1.37. The molecule has 0 radical (unpaired) electrons. The molecule has 1 unspecified atom stereocenters. The van der Waals surface area contributed by atoms with E-state index in [1.54, 1.807) is 0 Å². The largest absolute Gasteiger partial charge is 0.475 e. The number of benzene rings is 1. The minimum Gasteiger partial charge on any atom is -0.426 e. The lowest BCUT2D eigenvalue weighted by Crippen LogP contribution is -2.49.